The van der Waals surface area contributed by atoms with Crippen LogP contribution in [0.5, 0.6) is 0 Å². The zero-order valence-corrected chi connectivity index (χ0v) is 19.2. The fourth-order valence-electron chi connectivity index (χ4n) is 4.34. The maximum absolute atomic E-state index is 12.6. The molecular formula is C25H27N5OS. The zero-order valence-electron chi connectivity index (χ0n) is 18.4. The highest BCUT2D eigenvalue weighted by Gasteiger charge is 2.24. The SMILES string of the molecule is Cc1ccccc1-c1cc(NCC2CCN(C(=O)c3cccs3)CC2)n2ncc(C)c2n1. The summed E-state index contributed by atoms with van der Waals surface area (Å²) in [4.78, 5) is 20.3. The third kappa shape index (κ3) is 4.00. The predicted molar refractivity (Wildman–Crippen MR) is 129 cm³/mol. The van der Waals surface area contributed by atoms with Crippen LogP contribution < -0.4 is 5.32 Å². The van der Waals surface area contributed by atoms with Gasteiger partial charge in [0.15, 0.2) is 5.65 Å². The Morgan fingerprint density at radius 1 is 1.12 bits per heavy atom. The lowest BCUT2D eigenvalue weighted by Gasteiger charge is -2.32. The molecule has 32 heavy (non-hydrogen) atoms. The molecule has 0 spiro atoms. The Bertz CT molecular complexity index is 1240. The van der Waals surface area contributed by atoms with Crippen LogP contribution in [0.25, 0.3) is 16.9 Å². The zero-order chi connectivity index (χ0) is 22.1. The van der Waals surface area contributed by atoms with E-state index in [9.17, 15) is 4.79 Å². The van der Waals surface area contributed by atoms with Gasteiger partial charge in [0.25, 0.3) is 5.91 Å². The monoisotopic (exact) mass is 445 g/mol. The molecule has 0 saturated carbocycles. The molecular weight excluding hydrogens is 418 g/mol. The van der Waals surface area contributed by atoms with Crippen LogP contribution in [-0.4, -0.2) is 45.0 Å². The van der Waals surface area contributed by atoms with E-state index in [4.69, 9.17) is 4.98 Å². The summed E-state index contributed by atoms with van der Waals surface area (Å²) in [7, 11) is 0. The first kappa shape index (κ1) is 20.7. The number of benzene rings is 1. The van der Waals surface area contributed by atoms with E-state index in [0.29, 0.717) is 5.92 Å². The summed E-state index contributed by atoms with van der Waals surface area (Å²) in [6, 6.07) is 14.3. The third-order valence-corrected chi connectivity index (χ3v) is 7.13. The van der Waals surface area contributed by atoms with Crippen molar-refractivity contribution in [2.24, 2.45) is 5.92 Å². The molecule has 5 rings (SSSR count). The number of aryl methyl sites for hydroxylation is 2. The van der Waals surface area contributed by atoms with Crippen LogP contribution in [0.4, 0.5) is 5.82 Å². The second kappa shape index (κ2) is 8.74. The third-order valence-electron chi connectivity index (χ3n) is 6.27. The number of aromatic nitrogens is 3. The lowest BCUT2D eigenvalue weighted by atomic mass is 9.96. The first-order valence-corrected chi connectivity index (χ1v) is 12.0. The maximum Gasteiger partial charge on any atom is 0.263 e. The average Bonchev–Trinajstić information content (AvgIpc) is 3.48. The topological polar surface area (TPSA) is 62.5 Å². The van der Waals surface area contributed by atoms with E-state index in [-0.39, 0.29) is 5.91 Å². The van der Waals surface area contributed by atoms with Crippen LogP contribution >= 0.6 is 11.3 Å². The number of nitrogens with one attached hydrogen (secondary N) is 1. The number of hydrogen-bond donors (Lipinski definition) is 1. The largest absolute Gasteiger partial charge is 0.370 e. The molecule has 1 fully saturated rings. The van der Waals surface area contributed by atoms with Crippen LogP contribution in [-0.2, 0) is 0 Å². The molecule has 0 atom stereocenters. The number of nitrogens with zero attached hydrogens (tertiary/aromatic N) is 4. The summed E-state index contributed by atoms with van der Waals surface area (Å²) in [6.07, 6.45) is 3.87. The van der Waals surface area contributed by atoms with Crippen molar-refractivity contribution >= 4 is 28.7 Å². The lowest BCUT2D eigenvalue weighted by Crippen LogP contribution is -2.39. The minimum absolute atomic E-state index is 0.164. The molecule has 1 aromatic carbocycles. The summed E-state index contributed by atoms with van der Waals surface area (Å²) in [6.45, 7) is 6.63. The number of rotatable bonds is 5. The van der Waals surface area contributed by atoms with Crippen LogP contribution in [0.15, 0.2) is 54.0 Å². The molecule has 4 heterocycles. The number of carbonyl (C=O) groups excluding carboxylic acids is 1. The van der Waals surface area contributed by atoms with E-state index in [0.717, 1.165) is 65.6 Å². The van der Waals surface area contributed by atoms with E-state index >= 15 is 0 Å². The molecule has 6 nitrogen and oxygen atoms in total. The lowest BCUT2D eigenvalue weighted by molar-refractivity contribution is 0.0700. The Hall–Kier alpha value is -3.19. The van der Waals surface area contributed by atoms with E-state index in [1.165, 1.54) is 16.9 Å². The summed E-state index contributed by atoms with van der Waals surface area (Å²) in [5.41, 5.74) is 5.24. The number of piperidine rings is 1. The van der Waals surface area contributed by atoms with Gasteiger partial charge in [-0.1, -0.05) is 30.3 Å². The first-order chi connectivity index (χ1) is 15.6. The second-order valence-electron chi connectivity index (χ2n) is 8.50. The number of thiophene rings is 1. The number of amides is 1. The second-order valence-corrected chi connectivity index (χ2v) is 9.45. The number of carbonyl (C=O) groups is 1. The average molecular weight is 446 g/mol. The summed E-state index contributed by atoms with van der Waals surface area (Å²) < 4.78 is 1.90. The highest BCUT2D eigenvalue weighted by atomic mass is 32.1. The molecule has 0 radical (unpaired) electrons. The number of fused-ring (bicyclic) bond motifs is 1. The molecule has 1 aliphatic heterocycles. The Balaban J connectivity index is 1.31. The van der Waals surface area contributed by atoms with Gasteiger partial charge in [0.2, 0.25) is 0 Å². The van der Waals surface area contributed by atoms with Crippen molar-refractivity contribution in [2.75, 3.05) is 25.0 Å². The fraction of sp³-hybridized carbons (Fsp3) is 0.320. The van der Waals surface area contributed by atoms with Gasteiger partial charge in [-0.3, -0.25) is 4.79 Å². The van der Waals surface area contributed by atoms with Gasteiger partial charge in [-0.05, 0) is 49.6 Å². The van der Waals surface area contributed by atoms with Crippen LogP contribution in [0.2, 0.25) is 0 Å². The molecule has 1 N–H and O–H groups in total. The summed E-state index contributed by atoms with van der Waals surface area (Å²) >= 11 is 1.52. The highest BCUT2D eigenvalue weighted by molar-refractivity contribution is 7.12. The van der Waals surface area contributed by atoms with E-state index in [2.05, 4.69) is 47.7 Å². The maximum atomic E-state index is 12.6. The molecule has 164 valence electrons. The van der Waals surface area contributed by atoms with E-state index in [1.807, 2.05) is 40.0 Å². The molecule has 0 unspecified atom stereocenters. The minimum Gasteiger partial charge on any atom is -0.370 e. The van der Waals surface area contributed by atoms with Crippen molar-refractivity contribution < 1.29 is 4.79 Å². The van der Waals surface area contributed by atoms with Gasteiger partial charge < -0.3 is 10.2 Å². The van der Waals surface area contributed by atoms with Gasteiger partial charge in [-0.25, -0.2) is 4.98 Å². The van der Waals surface area contributed by atoms with E-state index < -0.39 is 0 Å². The van der Waals surface area contributed by atoms with Crippen molar-refractivity contribution in [1.29, 1.82) is 0 Å². The minimum atomic E-state index is 0.164. The van der Waals surface area contributed by atoms with Crippen LogP contribution in [0.3, 0.4) is 0 Å². The molecule has 7 heteroatoms. The molecule has 0 aliphatic carbocycles. The molecule has 1 aliphatic rings. The standard InChI is InChI=1S/C25H27N5OS/c1-17-6-3-4-7-20(17)21-14-23(30-24(28-21)18(2)15-27-30)26-16-19-9-11-29(12-10-19)25(31)22-8-5-13-32-22/h3-8,13-15,19,26H,9-12,16H2,1-2H3. The highest BCUT2D eigenvalue weighted by Crippen LogP contribution is 2.27. The quantitative estimate of drug-likeness (QED) is 0.468. The van der Waals surface area contributed by atoms with Crippen molar-refractivity contribution in [3.8, 4) is 11.3 Å². The van der Waals surface area contributed by atoms with Gasteiger partial charge in [0.1, 0.15) is 5.82 Å². The molecule has 1 saturated heterocycles. The molecule has 4 aromatic rings. The Kier molecular flexibility index (Phi) is 5.66. The predicted octanol–water partition coefficient (Wildman–Crippen LogP) is 5.04. The van der Waals surface area contributed by atoms with Gasteiger partial charge in [-0.15, -0.1) is 11.3 Å². The van der Waals surface area contributed by atoms with Crippen molar-refractivity contribution in [1.82, 2.24) is 19.5 Å². The Labute approximate surface area is 191 Å². The van der Waals surface area contributed by atoms with Gasteiger partial charge in [0, 0.05) is 36.8 Å². The van der Waals surface area contributed by atoms with E-state index in [1.54, 1.807) is 0 Å². The Morgan fingerprint density at radius 3 is 2.69 bits per heavy atom. The molecule has 0 bridgehead atoms. The van der Waals surface area contributed by atoms with Crippen molar-refractivity contribution in [3.63, 3.8) is 0 Å². The van der Waals surface area contributed by atoms with Gasteiger partial charge >= 0.3 is 0 Å². The van der Waals surface area contributed by atoms with Gasteiger partial charge in [0.05, 0.1) is 16.8 Å². The number of likely N-dealkylation sites (tertiary alicyclic amines) is 1. The van der Waals surface area contributed by atoms with Crippen LogP contribution in [0.1, 0.15) is 33.6 Å². The summed E-state index contributed by atoms with van der Waals surface area (Å²) in [5, 5.41) is 10.1. The fourth-order valence-corrected chi connectivity index (χ4v) is 5.03. The smallest absolute Gasteiger partial charge is 0.263 e. The van der Waals surface area contributed by atoms with Gasteiger partial charge in [-0.2, -0.15) is 9.61 Å². The van der Waals surface area contributed by atoms with Crippen LogP contribution in [0, 0.1) is 19.8 Å². The molecule has 3 aromatic heterocycles. The van der Waals surface area contributed by atoms with Crippen molar-refractivity contribution in [2.45, 2.75) is 26.7 Å². The number of anilines is 1. The summed E-state index contributed by atoms with van der Waals surface area (Å²) in [5.74, 6) is 1.64. The number of hydrogen-bond acceptors (Lipinski definition) is 5. The normalized spacial score (nSPS) is 14.8. The van der Waals surface area contributed by atoms with Crippen molar-refractivity contribution in [3.05, 3.63) is 70.0 Å². The molecule has 1 amide bonds. The first-order valence-electron chi connectivity index (χ1n) is 11.1. The Morgan fingerprint density at radius 2 is 1.94 bits per heavy atom.